The van der Waals surface area contributed by atoms with Crippen LogP contribution < -0.4 is 16.2 Å². The third-order valence-electron chi connectivity index (χ3n) is 1.43. The van der Waals surface area contributed by atoms with E-state index in [-0.39, 0.29) is 0 Å². The molecule has 0 aliphatic heterocycles. The first kappa shape index (κ1) is 8.73. The summed E-state index contributed by atoms with van der Waals surface area (Å²) in [6.45, 7) is 1.83. The van der Waals surface area contributed by atoms with Gasteiger partial charge >= 0.3 is 0 Å². The van der Waals surface area contributed by atoms with E-state index in [9.17, 15) is 0 Å². The molecule has 0 amide bonds. The molecule has 0 aliphatic rings. The van der Waals surface area contributed by atoms with Crippen molar-refractivity contribution in [2.45, 2.75) is 6.92 Å². The predicted molar refractivity (Wildman–Crippen MR) is 48.9 cm³/mol. The molecule has 0 fully saturated rings. The van der Waals surface area contributed by atoms with Crippen LogP contribution in [0.3, 0.4) is 0 Å². The van der Waals surface area contributed by atoms with Crippen molar-refractivity contribution in [3.8, 4) is 0 Å². The zero-order valence-electron chi connectivity index (χ0n) is 7.50. The second kappa shape index (κ2) is 3.36. The molecule has 0 spiro atoms. The van der Waals surface area contributed by atoms with E-state index in [0.717, 1.165) is 5.82 Å². The van der Waals surface area contributed by atoms with Crippen LogP contribution in [0, 0.1) is 6.92 Å². The molecule has 12 heavy (non-hydrogen) atoms. The molecule has 1 aromatic heterocycles. The van der Waals surface area contributed by atoms with Gasteiger partial charge in [0, 0.05) is 20.2 Å². The minimum atomic E-state index is 0.631. The van der Waals surface area contributed by atoms with Crippen LogP contribution in [0.5, 0.6) is 0 Å². The second-order valence-electron chi connectivity index (χ2n) is 2.70. The summed E-state index contributed by atoms with van der Waals surface area (Å²) in [5.41, 5.74) is 2.49. The predicted octanol–water partition coefficient (Wildman–Crippen LogP) is 0.137. The Morgan fingerprint density at radius 3 is 2.58 bits per heavy atom. The van der Waals surface area contributed by atoms with Crippen molar-refractivity contribution in [1.82, 2.24) is 9.97 Å². The van der Waals surface area contributed by atoms with E-state index in [1.807, 2.05) is 25.9 Å². The SMILES string of the molecule is Cc1nc(NN)cc(N(C)C)n1. The molecule has 66 valence electrons. The fourth-order valence-electron chi connectivity index (χ4n) is 0.855. The van der Waals surface area contributed by atoms with Crippen molar-refractivity contribution in [2.75, 3.05) is 24.4 Å². The molecular formula is C7H13N5. The smallest absolute Gasteiger partial charge is 0.145 e. The fourth-order valence-corrected chi connectivity index (χ4v) is 0.855. The number of nitrogens with one attached hydrogen (secondary N) is 1. The summed E-state index contributed by atoms with van der Waals surface area (Å²) in [4.78, 5) is 10.2. The van der Waals surface area contributed by atoms with E-state index in [4.69, 9.17) is 5.84 Å². The highest BCUT2D eigenvalue weighted by molar-refractivity contribution is 5.47. The Labute approximate surface area is 71.6 Å². The lowest BCUT2D eigenvalue weighted by Gasteiger charge is -2.12. The molecule has 0 saturated carbocycles. The zero-order valence-corrected chi connectivity index (χ0v) is 7.50. The van der Waals surface area contributed by atoms with Gasteiger partial charge in [0.25, 0.3) is 0 Å². The lowest BCUT2D eigenvalue weighted by Crippen LogP contribution is -2.15. The highest BCUT2D eigenvalue weighted by atomic mass is 15.3. The summed E-state index contributed by atoms with van der Waals surface area (Å²) in [6.07, 6.45) is 0. The highest BCUT2D eigenvalue weighted by Crippen LogP contribution is 2.11. The van der Waals surface area contributed by atoms with Gasteiger partial charge in [-0.05, 0) is 6.92 Å². The van der Waals surface area contributed by atoms with E-state index in [0.29, 0.717) is 11.6 Å². The molecule has 0 unspecified atom stereocenters. The Balaban J connectivity index is 3.06. The van der Waals surface area contributed by atoms with Crippen LogP contribution in [0.1, 0.15) is 5.82 Å². The summed E-state index contributed by atoms with van der Waals surface area (Å²) in [5.74, 6) is 7.41. The lowest BCUT2D eigenvalue weighted by atomic mass is 10.5. The molecule has 1 aromatic rings. The average molecular weight is 167 g/mol. The summed E-state index contributed by atoms with van der Waals surface area (Å²) in [7, 11) is 3.84. The van der Waals surface area contributed by atoms with Gasteiger partial charge in [-0.3, -0.25) is 0 Å². The Morgan fingerprint density at radius 2 is 2.08 bits per heavy atom. The Bertz CT molecular complexity index is 270. The monoisotopic (exact) mass is 167 g/mol. The minimum absolute atomic E-state index is 0.631. The van der Waals surface area contributed by atoms with Crippen molar-refractivity contribution in [3.63, 3.8) is 0 Å². The van der Waals surface area contributed by atoms with E-state index in [1.54, 1.807) is 6.07 Å². The molecule has 5 nitrogen and oxygen atoms in total. The number of anilines is 2. The van der Waals surface area contributed by atoms with Crippen LogP contribution in [-0.4, -0.2) is 24.1 Å². The third-order valence-corrected chi connectivity index (χ3v) is 1.43. The van der Waals surface area contributed by atoms with Gasteiger partial charge in [0.2, 0.25) is 0 Å². The maximum atomic E-state index is 5.23. The topological polar surface area (TPSA) is 67.1 Å². The van der Waals surface area contributed by atoms with Crippen LogP contribution in [-0.2, 0) is 0 Å². The number of nitrogens with two attached hydrogens (primary N) is 1. The van der Waals surface area contributed by atoms with Crippen LogP contribution in [0.15, 0.2) is 6.07 Å². The number of aryl methyl sites for hydroxylation is 1. The number of hydrogen-bond acceptors (Lipinski definition) is 5. The molecule has 1 heterocycles. The molecule has 3 N–H and O–H groups in total. The molecule has 0 radical (unpaired) electrons. The summed E-state index contributed by atoms with van der Waals surface area (Å²) in [5, 5.41) is 0. The number of hydrazine groups is 1. The molecular weight excluding hydrogens is 154 g/mol. The third kappa shape index (κ3) is 1.82. The minimum Gasteiger partial charge on any atom is -0.363 e. The molecule has 1 rings (SSSR count). The number of nitrogen functional groups attached to an aromatic ring is 1. The number of hydrogen-bond donors (Lipinski definition) is 2. The maximum Gasteiger partial charge on any atom is 0.145 e. The van der Waals surface area contributed by atoms with Crippen LogP contribution in [0.4, 0.5) is 11.6 Å². The fraction of sp³-hybridized carbons (Fsp3) is 0.429. The normalized spacial score (nSPS) is 9.67. The molecule has 0 aromatic carbocycles. The zero-order chi connectivity index (χ0) is 9.14. The quantitative estimate of drug-likeness (QED) is 0.484. The summed E-state index contributed by atoms with van der Waals surface area (Å²) >= 11 is 0. The standard InChI is InChI=1S/C7H13N5/c1-5-9-6(11-8)4-7(10-5)12(2)3/h4H,8H2,1-3H3,(H,9,10,11). The van der Waals surface area contributed by atoms with E-state index in [1.165, 1.54) is 0 Å². The van der Waals surface area contributed by atoms with Crippen molar-refractivity contribution in [1.29, 1.82) is 0 Å². The van der Waals surface area contributed by atoms with E-state index in [2.05, 4.69) is 15.4 Å². The first-order valence-electron chi connectivity index (χ1n) is 3.63. The highest BCUT2D eigenvalue weighted by Gasteiger charge is 2.01. The van der Waals surface area contributed by atoms with Crippen LogP contribution in [0.2, 0.25) is 0 Å². The van der Waals surface area contributed by atoms with Gasteiger partial charge in [-0.15, -0.1) is 0 Å². The van der Waals surface area contributed by atoms with Crippen molar-refractivity contribution < 1.29 is 0 Å². The van der Waals surface area contributed by atoms with Crippen molar-refractivity contribution >= 4 is 11.6 Å². The van der Waals surface area contributed by atoms with Crippen molar-refractivity contribution in [2.24, 2.45) is 5.84 Å². The Kier molecular flexibility index (Phi) is 2.44. The average Bonchev–Trinajstić information content (AvgIpc) is 2.03. The van der Waals surface area contributed by atoms with Gasteiger partial charge in [0.05, 0.1) is 0 Å². The van der Waals surface area contributed by atoms with Crippen LogP contribution in [0.25, 0.3) is 0 Å². The van der Waals surface area contributed by atoms with Crippen molar-refractivity contribution in [3.05, 3.63) is 11.9 Å². The molecule has 5 heteroatoms. The summed E-state index contributed by atoms with van der Waals surface area (Å²) in [6, 6.07) is 1.78. The van der Waals surface area contributed by atoms with Gasteiger partial charge in [-0.1, -0.05) is 0 Å². The molecule has 0 bridgehead atoms. The second-order valence-corrected chi connectivity index (χ2v) is 2.70. The summed E-state index contributed by atoms with van der Waals surface area (Å²) < 4.78 is 0. The van der Waals surface area contributed by atoms with Crippen LogP contribution >= 0.6 is 0 Å². The lowest BCUT2D eigenvalue weighted by molar-refractivity contribution is 0.985. The van der Waals surface area contributed by atoms with Gasteiger partial charge in [-0.25, -0.2) is 15.8 Å². The molecule has 0 saturated heterocycles. The first-order chi connectivity index (χ1) is 5.63. The van der Waals surface area contributed by atoms with Gasteiger partial charge in [0.15, 0.2) is 0 Å². The van der Waals surface area contributed by atoms with Gasteiger partial charge in [-0.2, -0.15) is 0 Å². The largest absolute Gasteiger partial charge is 0.363 e. The number of nitrogens with zero attached hydrogens (tertiary/aromatic N) is 3. The molecule has 0 aliphatic carbocycles. The number of aromatic nitrogens is 2. The first-order valence-corrected chi connectivity index (χ1v) is 3.63. The number of rotatable bonds is 2. The van der Waals surface area contributed by atoms with Gasteiger partial charge in [0.1, 0.15) is 17.5 Å². The molecule has 0 atom stereocenters. The Hall–Kier alpha value is -1.36. The van der Waals surface area contributed by atoms with E-state index < -0.39 is 0 Å². The van der Waals surface area contributed by atoms with E-state index >= 15 is 0 Å². The van der Waals surface area contributed by atoms with Gasteiger partial charge < -0.3 is 10.3 Å². The Morgan fingerprint density at radius 1 is 1.42 bits per heavy atom. The maximum absolute atomic E-state index is 5.23.